The SMILES string of the molecule is COC(=O)CCN(CC(C)C)C(=O)C=Cc1cccc(OC)c1. The summed E-state index contributed by atoms with van der Waals surface area (Å²) >= 11 is 0. The van der Waals surface area contributed by atoms with Crippen molar-refractivity contribution in [1.29, 1.82) is 0 Å². The molecule has 0 aliphatic rings. The van der Waals surface area contributed by atoms with Gasteiger partial charge in [0, 0.05) is 19.2 Å². The van der Waals surface area contributed by atoms with Crippen molar-refractivity contribution in [2.45, 2.75) is 20.3 Å². The molecule has 0 aromatic heterocycles. The van der Waals surface area contributed by atoms with Gasteiger partial charge in [-0.25, -0.2) is 0 Å². The van der Waals surface area contributed by atoms with Crippen LogP contribution < -0.4 is 4.74 Å². The number of nitrogens with zero attached hydrogens (tertiary/aromatic N) is 1. The van der Waals surface area contributed by atoms with Gasteiger partial charge in [0.2, 0.25) is 5.91 Å². The number of ether oxygens (including phenoxy) is 2. The van der Waals surface area contributed by atoms with Crippen molar-refractivity contribution in [3.05, 3.63) is 35.9 Å². The summed E-state index contributed by atoms with van der Waals surface area (Å²) in [6.07, 6.45) is 3.46. The second-order valence-corrected chi connectivity index (χ2v) is 5.61. The molecule has 5 heteroatoms. The van der Waals surface area contributed by atoms with Crippen LogP contribution in [0.15, 0.2) is 30.3 Å². The summed E-state index contributed by atoms with van der Waals surface area (Å²) < 4.78 is 9.79. The molecule has 1 aromatic carbocycles. The van der Waals surface area contributed by atoms with Crippen LogP contribution in [0.3, 0.4) is 0 Å². The van der Waals surface area contributed by atoms with Crippen molar-refractivity contribution in [2.24, 2.45) is 5.92 Å². The molecule has 0 saturated carbocycles. The lowest BCUT2D eigenvalue weighted by molar-refractivity contribution is -0.141. The van der Waals surface area contributed by atoms with E-state index in [1.807, 2.05) is 38.1 Å². The van der Waals surface area contributed by atoms with E-state index in [0.29, 0.717) is 19.0 Å². The molecule has 1 rings (SSSR count). The molecule has 0 spiro atoms. The van der Waals surface area contributed by atoms with Crippen molar-refractivity contribution in [1.82, 2.24) is 4.90 Å². The minimum Gasteiger partial charge on any atom is -0.497 e. The van der Waals surface area contributed by atoms with Crippen LogP contribution in [0.5, 0.6) is 5.75 Å². The summed E-state index contributed by atoms with van der Waals surface area (Å²) in [6.45, 7) is 5.01. The second kappa shape index (κ2) is 9.66. The van der Waals surface area contributed by atoms with Gasteiger partial charge in [0.25, 0.3) is 0 Å². The highest BCUT2D eigenvalue weighted by molar-refractivity contribution is 5.92. The predicted molar refractivity (Wildman–Crippen MR) is 90.1 cm³/mol. The fraction of sp³-hybridized carbons (Fsp3) is 0.444. The zero-order chi connectivity index (χ0) is 17.2. The van der Waals surface area contributed by atoms with Crippen LogP contribution in [0.25, 0.3) is 6.08 Å². The number of amides is 1. The predicted octanol–water partition coefficient (Wildman–Crippen LogP) is 2.76. The molecule has 0 fully saturated rings. The fourth-order valence-corrected chi connectivity index (χ4v) is 2.08. The Hall–Kier alpha value is -2.30. The zero-order valence-electron chi connectivity index (χ0n) is 14.2. The van der Waals surface area contributed by atoms with Gasteiger partial charge in [0.05, 0.1) is 20.6 Å². The van der Waals surface area contributed by atoms with E-state index in [1.165, 1.54) is 13.2 Å². The van der Waals surface area contributed by atoms with Crippen molar-refractivity contribution in [3.8, 4) is 5.75 Å². The third kappa shape index (κ3) is 7.00. The Bertz CT molecular complexity index is 552. The van der Waals surface area contributed by atoms with Gasteiger partial charge in [-0.1, -0.05) is 26.0 Å². The number of methoxy groups -OCH3 is 2. The van der Waals surface area contributed by atoms with Crippen molar-refractivity contribution >= 4 is 18.0 Å². The Morgan fingerprint density at radius 1 is 1.26 bits per heavy atom. The molecular formula is C18H25NO4. The number of rotatable bonds is 8. The van der Waals surface area contributed by atoms with Gasteiger partial charge in [-0.15, -0.1) is 0 Å². The maximum atomic E-state index is 12.4. The summed E-state index contributed by atoms with van der Waals surface area (Å²) in [7, 11) is 2.95. The van der Waals surface area contributed by atoms with Crippen molar-refractivity contribution < 1.29 is 19.1 Å². The molecule has 0 atom stereocenters. The van der Waals surface area contributed by atoms with Crippen LogP contribution in [0.4, 0.5) is 0 Å². The maximum Gasteiger partial charge on any atom is 0.307 e. The molecule has 0 unspecified atom stereocenters. The number of carbonyl (C=O) groups excluding carboxylic acids is 2. The van der Waals surface area contributed by atoms with Crippen LogP contribution in [0, 0.1) is 5.92 Å². The van der Waals surface area contributed by atoms with Crippen molar-refractivity contribution in [2.75, 3.05) is 27.3 Å². The van der Waals surface area contributed by atoms with Gasteiger partial charge in [0.15, 0.2) is 0 Å². The lowest BCUT2D eigenvalue weighted by Crippen LogP contribution is -2.34. The molecule has 1 amide bonds. The maximum absolute atomic E-state index is 12.4. The lowest BCUT2D eigenvalue weighted by atomic mass is 10.1. The van der Waals surface area contributed by atoms with E-state index in [2.05, 4.69) is 4.74 Å². The first-order valence-electron chi connectivity index (χ1n) is 7.64. The third-order valence-electron chi connectivity index (χ3n) is 3.22. The molecule has 0 bridgehead atoms. The Morgan fingerprint density at radius 2 is 2.00 bits per heavy atom. The summed E-state index contributed by atoms with van der Waals surface area (Å²) in [6, 6.07) is 7.46. The average molecular weight is 319 g/mol. The van der Waals surface area contributed by atoms with E-state index in [-0.39, 0.29) is 18.3 Å². The van der Waals surface area contributed by atoms with Gasteiger partial charge in [-0.05, 0) is 29.7 Å². The molecule has 23 heavy (non-hydrogen) atoms. The molecule has 0 heterocycles. The normalized spacial score (nSPS) is 10.8. The van der Waals surface area contributed by atoms with Gasteiger partial charge in [0.1, 0.15) is 5.75 Å². The summed E-state index contributed by atoms with van der Waals surface area (Å²) in [4.78, 5) is 25.3. The van der Waals surface area contributed by atoms with E-state index in [0.717, 1.165) is 11.3 Å². The Morgan fingerprint density at radius 3 is 2.61 bits per heavy atom. The van der Waals surface area contributed by atoms with Crippen LogP contribution in [0.1, 0.15) is 25.8 Å². The lowest BCUT2D eigenvalue weighted by Gasteiger charge is -2.22. The minimum absolute atomic E-state index is 0.120. The Kier molecular flexibility index (Phi) is 7.88. The van der Waals surface area contributed by atoms with Crippen LogP contribution in [-0.4, -0.2) is 44.1 Å². The zero-order valence-corrected chi connectivity index (χ0v) is 14.2. The highest BCUT2D eigenvalue weighted by Gasteiger charge is 2.14. The molecule has 0 radical (unpaired) electrons. The van der Waals surface area contributed by atoms with Crippen LogP contribution >= 0.6 is 0 Å². The number of hydrogen-bond acceptors (Lipinski definition) is 4. The minimum atomic E-state index is -0.316. The highest BCUT2D eigenvalue weighted by atomic mass is 16.5. The third-order valence-corrected chi connectivity index (χ3v) is 3.22. The molecular weight excluding hydrogens is 294 g/mol. The summed E-state index contributed by atoms with van der Waals surface area (Å²) in [5.74, 6) is 0.625. The van der Waals surface area contributed by atoms with E-state index in [9.17, 15) is 9.59 Å². The smallest absolute Gasteiger partial charge is 0.307 e. The van der Waals surface area contributed by atoms with Gasteiger partial charge >= 0.3 is 5.97 Å². The molecule has 0 N–H and O–H groups in total. The fourth-order valence-electron chi connectivity index (χ4n) is 2.08. The highest BCUT2D eigenvalue weighted by Crippen LogP contribution is 2.14. The summed E-state index contributed by atoms with van der Waals surface area (Å²) in [5.41, 5.74) is 0.884. The second-order valence-electron chi connectivity index (χ2n) is 5.61. The molecule has 0 aliphatic heterocycles. The standard InChI is InChI=1S/C18H25NO4/c1-14(2)13-19(11-10-18(21)23-4)17(20)9-8-15-6-5-7-16(12-15)22-3/h5-9,12,14H,10-11,13H2,1-4H3. The van der Waals surface area contributed by atoms with Gasteiger partial charge in [-0.3, -0.25) is 9.59 Å². The van der Waals surface area contributed by atoms with E-state index < -0.39 is 0 Å². The topological polar surface area (TPSA) is 55.8 Å². The monoisotopic (exact) mass is 319 g/mol. The van der Waals surface area contributed by atoms with Crippen molar-refractivity contribution in [3.63, 3.8) is 0 Å². The largest absolute Gasteiger partial charge is 0.497 e. The Balaban J connectivity index is 2.74. The molecule has 126 valence electrons. The molecule has 0 aliphatic carbocycles. The molecule has 5 nitrogen and oxygen atoms in total. The number of hydrogen-bond donors (Lipinski definition) is 0. The first-order chi connectivity index (χ1) is 11.0. The van der Waals surface area contributed by atoms with Gasteiger partial charge in [-0.2, -0.15) is 0 Å². The van der Waals surface area contributed by atoms with Crippen LogP contribution in [-0.2, 0) is 14.3 Å². The molecule has 1 aromatic rings. The number of esters is 1. The number of carbonyl (C=O) groups is 2. The number of benzene rings is 1. The van der Waals surface area contributed by atoms with E-state index >= 15 is 0 Å². The average Bonchev–Trinajstić information content (AvgIpc) is 2.55. The first kappa shape index (κ1) is 18.7. The molecule has 0 saturated heterocycles. The quantitative estimate of drug-likeness (QED) is 0.546. The first-order valence-corrected chi connectivity index (χ1v) is 7.64. The van der Waals surface area contributed by atoms with Crippen LogP contribution in [0.2, 0.25) is 0 Å². The summed E-state index contributed by atoms with van der Waals surface area (Å²) in [5, 5.41) is 0. The van der Waals surface area contributed by atoms with E-state index in [4.69, 9.17) is 4.74 Å². The van der Waals surface area contributed by atoms with Gasteiger partial charge < -0.3 is 14.4 Å². The Labute approximate surface area is 137 Å². The van der Waals surface area contributed by atoms with E-state index in [1.54, 1.807) is 18.1 Å².